The summed E-state index contributed by atoms with van der Waals surface area (Å²) >= 11 is 0. The Morgan fingerprint density at radius 1 is 1.15 bits per heavy atom. The number of hydrogen-bond acceptors (Lipinski definition) is 3. The molecule has 1 atom stereocenters. The average Bonchev–Trinajstić information content (AvgIpc) is 2.83. The Balaban J connectivity index is 2.09. The van der Waals surface area contributed by atoms with Gasteiger partial charge in [-0.15, -0.1) is 0 Å². The molecular formula is C15H26N2O3. The van der Waals surface area contributed by atoms with Gasteiger partial charge in [0.05, 0.1) is 0 Å². The molecular weight excluding hydrogens is 256 g/mol. The molecule has 2 fully saturated rings. The zero-order chi connectivity index (χ0) is 14.8. The van der Waals surface area contributed by atoms with Crippen molar-refractivity contribution in [1.82, 2.24) is 4.90 Å². The van der Waals surface area contributed by atoms with E-state index in [0.717, 1.165) is 32.1 Å². The predicted octanol–water partition coefficient (Wildman–Crippen LogP) is 1.75. The van der Waals surface area contributed by atoms with Gasteiger partial charge in [-0.3, -0.25) is 4.79 Å². The van der Waals surface area contributed by atoms with Gasteiger partial charge in [-0.2, -0.15) is 0 Å². The quantitative estimate of drug-likeness (QED) is 0.823. The summed E-state index contributed by atoms with van der Waals surface area (Å²) in [6.45, 7) is 2.74. The second-order valence-electron chi connectivity index (χ2n) is 6.67. The van der Waals surface area contributed by atoms with Crippen molar-refractivity contribution in [3.8, 4) is 0 Å². The van der Waals surface area contributed by atoms with Crippen molar-refractivity contribution in [3.63, 3.8) is 0 Å². The first-order valence-electron chi connectivity index (χ1n) is 7.67. The van der Waals surface area contributed by atoms with Crippen LogP contribution in [0.3, 0.4) is 0 Å². The number of nitrogens with two attached hydrogens (primary N) is 1. The number of amides is 1. The number of carbonyl (C=O) groups is 2. The minimum atomic E-state index is -1.03. The molecule has 5 nitrogen and oxygen atoms in total. The number of hydrogen-bond donors (Lipinski definition) is 2. The molecule has 1 saturated carbocycles. The number of rotatable bonds is 4. The van der Waals surface area contributed by atoms with E-state index in [-0.39, 0.29) is 11.3 Å². The Bertz CT molecular complexity index is 391. The van der Waals surface area contributed by atoms with E-state index in [2.05, 4.69) is 0 Å². The molecule has 2 aliphatic rings. The summed E-state index contributed by atoms with van der Waals surface area (Å²) in [6, 6.07) is 0. The molecule has 5 heteroatoms. The lowest BCUT2D eigenvalue weighted by atomic mass is 9.71. The van der Waals surface area contributed by atoms with Gasteiger partial charge in [0.1, 0.15) is 5.54 Å². The molecule has 114 valence electrons. The molecule has 1 amide bonds. The summed E-state index contributed by atoms with van der Waals surface area (Å²) in [5.41, 5.74) is 4.80. The van der Waals surface area contributed by atoms with Crippen molar-refractivity contribution >= 4 is 11.9 Å². The van der Waals surface area contributed by atoms with Gasteiger partial charge in [-0.1, -0.05) is 19.3 Å². The van der Waals surface area contributed by atoms with Gasteiger partial charge in [0.15, 0.2) is 0 Å². The Labute approximate surface area is 120 Å². The molecule has 0 aromatic carbocycles. The lowest BCUT2D eigenvalue weighted by Crippen LogP contribution is -2.52. The summed E-state index contributed by atoms with van der Waals surface area (Å²) in [7, 11) is 0. The number of carboxylic acids is 1. The van der Waals surface area contributed by atoms with Crippen LogP contribution in [0.2, 0.25) is 0 Å². The van der Waals surface area contributed by atoms with Crippen LogP contribution in [-0.4, -0.2) is 40.5 Å². The van der Waals surface area contributed by atoms with Gasteiger partial charge < -0.3 is 15.7 Å². The van der Waals surface area contributed by atoms with Crippen molar-refractivity contribution in [3.05, 3.63) is 0 Å². The molecule has 1 saturated heterocycles. The van der Waals surface area contributed by atoms with Crippen LogP contribution in [-0.2, 0) is 9.59 Å². The summed E-state index contributed by atoms with van der Waals surface area (Å²) in [4.78, 5) is 25.6. The third-order valence-corrected chi connectivity index (χ3v) is 5.28. The van der Waals surface area contributed by atoms with E-state index in [1.807, 2.05) is 0 Å². The maximum atomic E-state index is 12.6. The normalized spacial score (nSPS) is 29.4. The Kier molecular flexibility index (Phi) is 4.37. The van der Waals surface area contributed by atoms with E-state index < -0.39 is 11.5 Å². The fraction of sp³-hybridized carbons (Fsp3) is 0.867. The maximum Gasteiger partial charge on any atom is 0.329 e. The van der Waals surface area contributed by atoms with Gasteiger partial charge in [0.25, 0.3) is 0 Å². The smallest absolute Gasteiger partial charge is 0.329 e. The van der Waals surface area contributed by atoms with Crippen LogP contribution in [0.1, 0.15) is 58.3 Å². The highest BCUT2D eigenvalue weighted by molar-refractivity contribution is 5.87. The molecule has 0 radical (unpaired) electrons. The van der Waals surface area contributed by atoms with Crippen molar-refractivity contribution in [2.24, 2.45) is 11.1 Å². The van der Waals surface area contributed by atoms with Crippen LogP contribution in [0, 0.1) is 5.41 Å². The predicted molar refractivity (Wildman–Crippen MR) is 76.2 cm³/mol. The lowest BCUT2D eigenvalue weighted by Gasteiger charge is -2.39. The lowest BCUT2D eigenvalue weighted by molar-refractivity contribution is -0.156. The topological polar surface area (TPSA) is 83.6 Å². The number of carbonyl (C=O) groups excluding carboxylic acids is 1. The van der Waals surface area contributed by atoms with Crippen molar-refractivity contribution < 1.29 is 14.7 Å². The molecule has 0 aromatic rings. The van der Waals surface area contributed by atoms with Gasteiger partial charge in [-0.05, 0) is 44.6 Å². The fourth-order valence-electron chi connectivity index (χ4n) is 3.76. The fourth-order valence-corrected chi connectivity index (χ4v) is 3.76. The highest BCUT2D eigenvalue weighted by atomic mass is 16.4. The molecule has 1 aliphatic heterocycles. The first-order valence-corrected chi connectivity index (χ1v) is 7.67. The minimum Gasteiger partial charge on any atom is -0.480 e. The van der Waals surface area contributed by atoms with Gasteiger partial charge in [0.2, 0.25) is 5.91 Å². The first kappa shape index (κ1) is 15.3. The maximum absolute atomic E-state index is 12.6. The Hall–Kier alpha value is -1.10. The number of aliphatic carboxylic acids is 1. The van der Waals surface area contributed by atoms with Crippen molar-refractivity contribution in [1.29, 1.82) is 0 Å². The van der Waals surface area contributed by atoms with Crippen molar-refractivity contribution in [2.45, 2.75) is 63.8 Å². The average molecular weight is 282 g/mol. The van der Waals surface area contributed by atoms with Crippen LogP contribution in [0.5, 0.6) is 0 Å². The monoisotopic (exact) mass is 282 g/mol. The zero-order valence-electron chi connectivity index (χ0n) is 12.4. The number of nitrogens with zero attached hydrogens (tertiary/aromatic N) is 1. The van der Waals surface area contributed by atoms with Crippen LogP contribution in [0.15, 0.2) is 0 Å². The summed E-state index contributed by atoms with van der Waals surface area (Å²) in [5, 5.41) is 9.40. The molecule has 3 N–H and O–H groups in total. The molecule has 0 aromatic heterocycles. The first-order chi connectivity index (χ1) is 9.43. The van der Waals surface area contributed by atoms with Crippen LogP contribution < -0.4 is 5.73 Å². The largest absolute Gasteiger partial charge is 0.480 e. The van der Waals surface area contributed by atoms with E-state index in [1.165, 1.54) is 6.42 Å². The van der Waals surface area contributed by atoms with Crippen LogP contribution in [0.4, 0.5) is 0 Å². The molecule has 0 spiro atoms. The standard InChI is InChI=1S/C15H26N2O3/c1-14(13(19)20)6-5-9-17(14)12(18)10-15(11-16)7-3-2-4-8-15/h2-11,16H2,1H3,(H,19,20). The van der Waals surface area contributed by atoms with Crippen molar-refractivity contribution in [2.75, 3.05) is 13.1 Å². The van der Waals surface area contributed by atoms with Gasteiger partial charge >= 0.3 is 5.97 Å². The van der Waals surface area contributed by atoms with Crippen LogP contribution in [0.25, 0.3) is 0 Å². The number of likely N-dealkylation sites (tertiary alicyclic amines) is 1. The molecule has 1 unspecified atom stereocenters. The number of carboxylic acid groups (broad SMARTS) is 1. The van der Waals surface area contributed by atoms with Gasteiger partial charge in [-0.25, -0.2) is 4.79 Å². The van der Waals surface area contributed by atoms with E-state index in [1.54, 1.807) is 11.8 Å². The van der Waals surface area contributed by atoms with Gasteiger partial charge in [0, 0.05) is 13.0 Å². The van der Waals surface area contributed by atoms with E-state index in [9.17, 15) is 14.7 Å². The molecule has 1 aliphatic carbocycles. The summed E-state index contributed by atoms with van der Waals surface area (Å²) in [5.74, 6) is -0.923. The molecule has 1 heterocycles. The highest BCUT2D eigenvalue weighted by Gasteiger charge is 2.47. The third kappa shape index (κ3) is 2.68. The van der Waals surface area contributed by atoms with E-state index in [4.69, 9.17) is 5.73 Å². The van der Waals surface area contributed by atoms with E-state index in [0.29, 0.717) is 25.9 Å². The Morgan fingerprint density at radius 3 is 2.35 bits per heavy atom. The molecule has 20 heavy (non-hydrogen) atoms. The Morgan fingerprint density at radius 2 is 1.80 bits per heavy atom. The van der Waals surface area contributed by atoms with Crippen LogP contribution >= 0.6 is 0 Å². The second kappa shape index (κ2) is 5.72. The summed E-state index contributed by atoms with van der Waals surface area (Å²) in [6.07, 6.45) is 7.17. The minimum absolute atomic E-state index is 0.0280. The van der Waals surface area contributed by atoms with E-state index >= 15 is 0 Å². The molecule has 2 rings (SSSR count). The highest BCUT2D eigenvalue weighted by Crippen LogP contribution is 2.40. The SMILES string of the molecule is CC1(C(=O)O)CCCN1C(=O)CC1(CN)CCCCC1. The second-order valence-corrected chi connectivity index (χ2v) is 6.67. The third-order valence-electron chi connectivity index (χ3n) is 5.28. The molecule has 0 bridgehead atoms. The zero-order valence-corrected chi connectivity index (χ0v) is 12.4. The summed E-state index contributed by atoms with van der Waals surface area (Å²) < 4.78 is 0.